The molecule has 0 unspecified atom stereocenters. The number of nitrogens with one attached hydrogen (secondary N) is 2. The van der Waals surface area contributed by atoms with Crippen LogP contribution in [-0.2, 0) is 6.54 Å². The molecule has 1 aliphatic carbocycles. The van der Waals surface area contributed by atoms with E-state index in [1.54, 1.807) is 21.3 Å². The summed E-state index contributed by atoms with van der Waals surface area (Å²) in [5.74, 6) is 4.29. The Bertz CT molecular complexity index is 1130. The molecule has 0 bridgehead atoms. The summed E-state index contributed by atoms with van der Waals surface area (Å²) in [6.07, 6.45) is 4.62. The monoisotopic (exact) mass is 495 g/mol. The summed E-state index contributed by atoms with van der Waals surface area (Å²) in [5, 5.41) is 8.28. The molecule has 4 rings (SSSR count). The maximum Gasteiger partial charge on any atom is 0.225 e. The highest BCUT2D eigenvalue weighted by Gasteiger charge is 2.22. The van der Waals surface area contributed by atoms with Crippen molar-refractivity contribution < 1.29 is 14.2 Å². The van der Waals surface area contributed by atoms with Gasteiger partial charge in [0.1, 0.15) is 5.82 Å². The van der Waals surface area contributed by atoms with Crippen LogP contribution in [0.1, 0.15) is 38.7 Å². The Morgan fingerprint density at radius 1 is 0.889 bits per heavy atom. The van der Waals surface area contributed by atoms with E-state index < -0.39 is 0 Å². The van der Waals surface area contributed by atoms with E-state index in [0.29, 0.717) is 29.4 Å². The Labute approximate surface area is 215 Å². The van der Waals surface area contributed by atoms with Gasteiger partial charge in [0.05, 0.1) is 26.8 Å². The maximum absolute atomic E-state index is 5.62. The molecule has 8 nitrogen and oxygen atoms in total. The highest BCUT2D eigenvalue weighted by molar-refractivity contribution is 5.90. The number of anilines is 2. The van der Waals surface area contributed by atoms with Crippen molar-refractivity contribution in [2.45, 2.75) is 45.7 Å². The second-order valence-electron chi connectivity index (χ2n) is 9.26. The minimum Gasteiger partial charge on any atom is -0.493 e. The Morgan fingerprint density at radius 2 is 1.61 bits per heavy atom. The Morgan fingerprint density at radius 3 is 2.28 bits per heavy atom. The number of ether oxygens (including phenoxy) is 3. The normalized spacial score (nSPS) is 17.2. The first-order chi connectivity index (χ1) is 17.0. The highest BCUT2D eigenvalue weighted by atomic mass is 16.5. The van der Waals surface area contributed by atoms with Crippen LogP contribution >= 0.6 is 0 Å². The van der Waals surface area contributed by atoms with Gasteiger partial charge in [0, 0.05) is 44.2 Å². The van der Waals surface area contributed by atoms with E-state index in [4.69, 9.17) is 24.2 Å². The van der Waals surface area contributed by atoms with Gasteiger partial charge >= 0.3 is 0 Å². The van der Waals surface area contributed by atoms with Crippen LogP contribution in [-0.4, -0.2) is 58.0 Å². The van der Waals surface area contributed by atoms with Crippen LogP contribution in [0.15, 0.2) is 36.4 Å². The lowest BCUT2D eigenvalue weighted by molar-refractivity contribution is 0.296. The molecule has 1 fully saturated rings. The third-order valence-corrected chi connectivity index (χ3v) is 6.77. The number of hydrogen-bond acceptors (Lipinski definition) is 8. The van der Waals surface area contributed by atoms with Gasteiger partial charge < -0.3 is 29.7 Å². The smallest absolute Gasteiger partial charge is 0.225 e. The lowest BCUT2D eigenvalue weighted by Crippen LogP contribution is -2.34. The summed E-state index contributed by atoms with van der Waals surface area (Å²) >= 11 is 0. The standard InChI is InChI=1S/C27H37N5O3.CH4/c1-32(2)26-21-8-6-7-9-22(21)30-27(31-26)29-16-18-10-13-20(14-11-18)28-17-19-12-15-23(33-3)25(35-5)24(19)34-4;/h6-9,12,15,18,20,28H,10-11,13-14,16-17H2,1-5H3,(H,29,30,31);1H4. The van der Waals surface area contributed by atoms with Gasteiger partial charge in [-0.3, -0.25) is 0 Å². The molecule has 3 aromatic rings. The zero-order valence-electron chi connectivity index (χ0n) is 21.4. The SMILES string of the molecule is C.COc1ccc(CNC2CCC(CNc3nc(N(C)C)c4ccccc4n3)CC2)c(OC)c1OC. The molecule has 0 saturated heterocycles. The fourth-order valence-electron chi connectivity index (χ4n) is 4.84. The first-order valence-electron chi connectivity index (χ1n) is 12.2. The summed E-state index contributed by atoms with van der Waals surface area (Å²) < 4.78 is 16.5. The average Bonchev–Trinajstić information content (AvgIpc) is 2.89. The quantitative estimate of drug-likeness (QED) is 0.401. The van der Waals surface area contributed by atoms with E-state index in [0.717, 1.165) is 54.0 Å². The molecule has 1 aromatic heterocycles. The van der Waals surface area contributed by atoms with Crippen molar-refractivity contribution in [3.05, 3.63) is 42.0 Å². The minimum absolute atomic E-state index is 0. The van der Waals surface area contributed by atoms with E-state index in [-0.39, 0.29) is 7.43 Å². The molecule has 1 saturated carbocycles. The van der Waals surface area contributed by atoms with E-state index in [1.807, 2.05) is 49.3 Å². The highest BCUT2D eigenvalue weighted by Crippen LogP contribution is 2.40. The first-order valence-corrected chi connectivity index (χ1v) is 12.2. The molecule has 2 N–H and O–H groups in total. The molecule has 36 heavy (non-hydrogen) atoms. The van der Waals surface area contributed by atoms with Crippen LogP contribution in [0.25, 0.3) is 10.9 Å². The lowest BCUT2D eigenvalue weighted by Gasteiger charge is -2.29. The summed E-state index contributed by atoms with van der Waals surface area (Å²) in [7, 11) is 8.97. The van der Waals surface area contributed by atoms with Crippen LogP contribution in [0.3, 0.4) is 0 Å². The average molecular weight is 496 g/mol. The molecule has 0 spiro atoms. The molecule has 196 valence electrons. The molecule has 1 aliphatic rings. The van der Waals surface area contributed by atoms with Crippen molar-refractivity contribution in [2.75, 3.05) is 52.2 Å². The second kappa shape index (κ2) is 12.6. The topological polar surface area (TPSA) is 80.8 Å². The van der Waals surface area contributed by atoms with Gasteiger partial charge in [-0.15, -0.1) is 0 Å². The third kappa shape index (κ3) is 6.10. The van der Waals surface area contributed by atoms with Crippen molar-refractivity contribution in [1.82, 2.24) is 15.3 Å². The molecule has 8 heteroatoms. The molecule has 0 aliphatic heterocycles. The first kappa shape index (κ1) is 27.3. The number of nitrogens with zero attached hydrogens (tertiary/aromatic N) is 3. The number of para-hydroxylation sites is 1. The van der Waals surface area contributed by atoms with Crippen LogP contribution in [0.5, 0.6) is 17.2 Å². The van der Waals surface area contributed by atoms with Crippen molar-refractivity contribution in [3.63, 3.8) is 0 Å². The molecular formula is C28H41N5O3. The van der Waals surface area contributed by atoms with Gasteiger partial charge in [-0.05, 0) is 49.8 Å². The van der Waals surface area contributed by atoms with Crippen LogP contribution in [0.2, 0.25) is 0 Å². The molecule has 0 radical (unpaired) electrons. The number of hydrogen-bond donors (Lipinski definition) is 2. The summed E-state index contributed by atoms with van der Waals surface area (Å²) in [6.45, 7) is 1.62. The number of benzene rings is 2. The predicted octanol–water partition coefficient (Wildman–Crippen LogP) is 5.12. The van der Waals surface area contributed by atoms with Gasteiger partial charge in [0.2, 0.25) is 11.7 Å². The number of rotatable bonds is 10. The van der Waals surface area contributed by atoms with E-state index in [1.165, 1.54) is 12.8 Å². The third-order valence-electron chi connectivity index (χ3n) is 6.77. The Balaban J connectivity index is 0.00000361. The van der Waals surface area contributed by atoms with E-state index >= 15 is 0 Å². The number of methoxy groups -OCH3 is 3. The predicted molar refractivity (Wildman–Crippen MR) is 148 cm³/mol. The van der Waals surface area contributed by atoms with Crippen LogP contribution in [0, 0.1) is 5.92 Å². The Kier molecular flexibility index (Phi) is 9.58. The molecule has 0 amide bonds. The molecular weight excluding hydrogens is 454 g/mol. The molecule has 1 heterocycles. The fourth-order valence-corrected chi connectivity index (χ4v) is 4.84. The van der Waals surface area contributed by atoms with Gasteiger partial charge in [-0.2, -0.15) is 4.98 Å². The zero-order valence-corrected chi connectivity index (χ0v) is 21.4. The van der Waals surface area contributed by atoms with Gasteiger partial charge in [0.25, 0.3) is 0 Å². The van der Waals surface area contributed by atoms with Crippen molar-refractivity contribution in [2.24, 2.45) is 5.92 Å². The zero-order chi connectivity index (χ0) is 24.8. The van der Waals surface area contributed by atoms with Gasteiger partial charge in [-0.1, -0.05) is 25.6 Å². The van der Waals surface area contributed by atoms with E-state index in [2.05, 4.69) is 16.7 Å². The van der Waals surface area contributed by atoms with Gasteiger partial charge in [-0.25, -0.2) is 4.98 Å². The minimum atomic E-state index is 0. The maximum atomic E-state index is 5.62. The fraction of sp³-hybridized carbons (Fsp3) is 0.500. The van der Waals surface area contributed by atoms with Gasteiger partial charge in [0.15, 0.2) is 11.5 Å². The number of aromatic nitrogens is 2. The van der Waals surface area contributed by atoms with Crippen molar-refractivity contribution in [3.8, 4) is 17.2 Å². The largest absolute Gasteiger partial charge is 0.493 e. The van der Waals surface area contributed by atoms with E-state index in [9.17, 15) is 0 Å². The van der Waals surface area contributed by atoms with Crippen molar-refractivity contribution in [1.29, 1.82) is 0 Å². The van der Waals surface area contributed by atoms with Crippen molar-refractivity contribution >= 4 is 22.7 Å². The molecule has 2 aromatic carbocycles. The summed E-state index contributed by atoms with van der Waals surface area (Å²) in [4.78, 5) is 11.5. The van der Waals surface area contributed by atoms with Crippen LogP contribution < -0.4 is 29.7 Å². The summed E-state index contributed by atoms with van der Waals surface area (Å²) in [5.41, 5.74) is 2.03. The summed E-state index contributed by atoms with van der Waals surface area (Å²) in [6, 6.07) is 12.6. The Hall–Kier alpha value is -3.26. The van der Waals surface area contributed by atoms with Crippen LogP contribution in [0.4, 0.5) is 11.8 Å². The second-order valence-corrected chi connectivity index (χ2v) is 9.26. The lowest BCUT2D eigenvalue weighted by atomic mass is 9.86. The number of fused-ring (bicyclic) bond motifs is 1. The molecule has 0 atom stereocenters.